The molecule has 9 nitrogen and oxygen atoms in total. The molecule has 0 saturated heterocycles. The summed E-state index contributed by atoms with van der Waals surface area (Å²) in [5.41, 5.74) is 1.55. The Labute approximate surface area is 172 Å². The summed E-state index contributed by atoms with van der Waals surface area (Å²) in [6, 6.07) is 11.2. The number of carbonyl (C=O) groups excluding carboxylic acids is 1. The molecule has 0 aliphatic heterocycles. The summed E-state index contributed by atoms with van der Waals surface area (Å²) in [4.78, 5) is 32.6. The third kappa shape index (κ3) is 3.49. The van der Waals surface area contributed by atoms with Gasteiger partial charge in [0.2, 0.25) is 11.9 Å². The number of aromatic nitrogens is 6. The van der Waals surface area contributed by atoms with Crippen molar-refractivity contribution in [2.24, 2.45) is 5.92 Å². The van der Waals surface area contributed by atoms with Crippen LogP contribution in [0.3, 0.4) is 0 Å². The van der Waals surface area contributed by atoms with Gasteiger partial charge in [0, 0.05) is 12.0 Å². The number of fused-ring (bicyclic) bond motifs is 1. The van der Waals surface area contributed by atoms with Crippen molar-refractivity contribution in [3.63, 3.8) is 0 Å². The average Bonchev–Trinajstić information content (AvgIpc) is 3.33. The van der Waals surface area contributed by atoms with Gasteiger partial charge < -0.3 is 5.32 Å². The SMILES string of the molecule is CCC(CC)C(=O)Nc1cc(C)nn1-c1nc2c(cnn2-c2ccccc2)c(=O)[nH]1. The summed E-state index contributed by atoms with van der Waals surface area (Å²) in [7, 11) is 0. The van der Waals surface area contributed by atoms with Crippen LogP contribution in [0.25, 0.3) is 22.7 Å². The first-order valence-electron chi connectivity index (χ1n) is 9.93. The van der Waals surface area contributed by atoms with E-state index in [0.717, 1.165) is 18.5 Å². The van der Waals surface area contributed by atoms with Crippen LogP contribution in [0.2, 0.25) is 0 Å². The molecular formula is C21H23N7O2. The molecule has 0 saturated carbocycles. The van der Waals surface area contributed by atoms with Gasteiger partial charge in [-0.05, 0) is 31.9 Å². The van der Waals surface area contributed by atoms with E-state index in [1.165, 1.54) is 10.9 Å². The Kier molecular flexibility index (Phi) is 5.18. The fourth-order valence-electron chi connectivity index (χ4n) is 3.40. The number of nitrogens with zero attached hydrogens (tertiary/aromatic N) is 5. The molecule has 2 N–H and O–H groups in total. The van der Waals surface area contributed by atoms with E-state index in [4.69, 9.17) is 0 Å². The summed E-state index contributed by atoms with van der Waals surface area (Å²) in [5, 5.41) is 12.0. The van der Waals surface area contributed by atoms with Crippen molar-refractivity contribution in [2.45, 2.75) is 33.6 Å². The van der Waals surface area contributed by atoms with Gasteiger partial charge >= 0.3 is 0 Å². The van der Waals surface area contributed by atoms with Crippen LogP contribution in [0.4, 0.5) is 5.82 Å². The lowest BCUT2D eigenvalue weighted by molar-refractivity contribution is -0.120. The number of aromatic amines is 1. The van der Waals surface area contributed by atoms with Crippen LogP contribution in [-0.2, 0) is 4.79 Å². The molecule has 9 heteroatoms. The topological polar surface area (TPSA) is 110 Å². The van der Waals surface area contributed by atoms with Crippen molar-refractivity contribution < 1.29 is 4.79 Å². The lowest BCUT2D eigenvalue weighted by Crippen LogP contribution is -2.24. The number of anilines is 1. The molecule has 0 bridgehead atoms. The number of nitrogens with one attached hydrogen (secondary N) is 2. The molecule has 30 heavy (non-hydrogen) atoms. The fourth-order valence-corrected chi connectivity index (χ4v) is 3.40. The van der Waals surface area contributed by atoms with Crippen LogP contribution in [0, 0.1) is 12.8 Å². The van der Waals surface area contributed by atoms with Gasteiger partial charge in [-0.25, -0.2) is 4.68 Å². The van der Waals surface area contributed by atoms with Crippen molar-refractivity contribution in [3.8, 4) is 11.6 Å². The monoisotopic (exact) mass is 405 g/mol. The fraction of sp³-hybridized carbons (Fsp3) is 0.286. The van der Waals surface area contributed by atoms with Crippen LogP contribution in [0.15, 0.2) is 47.4 Å². The van der Waals surface area contributed by atoms with Crippen molar-refractivity contribution in [1.82, 2.24) is 29.5 Å². The highest BCUT2D eigenvalue weighted by atomic mass is 16.2. The molecule has 0 radical (unpaired) electrons. The molecule has 4 rings (SSSR count). The van der Waals surface area contributed by atoms with Crippen LogP contribution >= 0.6 is 0 Å². The molecule has 1 aromatic carbocycles. The maximum Gasteiger partial charge on any atom is 0.263 e. The van der Waals surface area contributed by atoms with Crippen molar-refractivity contribution in [2.75, 3.05) is 5.32 Å². The highest BCUT2D eigenvalue weighted by Gasteiger charge is 2.19. The van der Waals surface area contributed by atoms with E-state index in [0.29, 0.717) is 22.5 Å². The Morgan fingerprint density at radius 3 is 2.60 bits per heavy atom. The second kappa shape index (κ2) is 7.94. The van der Waals surface area contributed by atoms with Gasteiger partial charge in [-0.2, -0.15) is 19.9 Å². The molecule has 1 amide bonds. The van der Waals surface area contributed by atoms with Gasteiger partial charge in [-0.1, -0.05) is 32.0 Å². The second-order valence-electron chi connectivity index (χ2n) is 7.10. The molecule has 0 aliphatic carbocycles. The van der Waals surface area contributed by atoms with Crippen LogP contribution in [0.5, 0.6) is 0 Å². The number of aryl methyl sites for hydroxylation is 1. The van der Waals surface area contributed by atoms with Crippen LogP contribution in [0.1, 0.15) is 32.4 Å². The summed E-state index contributed by atoms with van der Waals surface area (Å²) >= 11 is 0. The molecule has 0 fully saturated rings. The minimum atomic E-state index is -0.331. The molecule has 154 valence electrons. The molecule has 3 heterocycles. The van der Waals surface area contributed by atoms with Gasteiger partial charge in [-0.15, -0.1) is 0 Å². The quantitative estimate of drug-likeness (QED) is 0.512. The third-order valence-electron chi connectivity index (χ3n) is 5.07. The number of H-pyrrole nitrogens is 1. The minimum absolute atomic E-state index is 0.0843. The zero-order valence-corrected chi connectivity index (χ0v) is 17.1. The Morgan fingerprint density at radius 1 is 1.17 bits per heavy atom. The zero-order valence-electron chi connectivity index (χ0n) is 17.1. The van der Waals surface area contributed by atoms with E-state index in [-0.39, 0.29) is 23.3 Å². The maximum absolute atomic E-state index is 12.7. The van der Waals surface area contributed by atoms with Crippen LogP contribution < -0.4 is 10.9 Å². The Bertz CT molecular complexity index is 1250. The van der Waals surface area contributed by atoms with E-state index >= 15 is 0 Å². The lowest BCUT2D eigenvalue weighted by Gasteiger charge is -2.13. The first-order chi connectivity index (χ1) is 14.5. The van der Waals surface area contributed by atoms with E-state index in [1.807, 2.05) is 51.1 Å². The number of carbonyl (C=O) groups is 1. The summed E-state index contributed by atoms with van der Waals surface area (Å²) < 4.78 is 3.05. The second-order valence-corrected chi connectivity index (χ2v) is 7.10. The van der Waals surface area contributed by atoms with Gasteiger partial charge in [0.15, 0.2) is 5.65 Å². The Balaban J connectivity index is 1.81. The van der Waals surface area contributed by atoms with Crippen molar-refractivity contribution >= 4 is 22.8 Å². The Hall–Kier alpha value is -3.75. The smallest absolute Gasteiger partial charge is 0.263 e. The highest BCUT2D eigenvalue weighted by molar-refractivity contribution is 5.92. The summed E-state index contributed by atoms with van der Waals surface area (Å²) in [6.07, 6.45) is 2.97. The largest absolute Gasteiger partial charge is 0.310 e. The number of benzene rings is 1. The van der Waals surface area contributed by atoms with Gasteiger partial charge in [-0.3, -0.25) is 14.6 Å². The number of para-hydroxylation sites is 1. The van der Waals surface area contributed by atoms with E-state index in [1.54, 1.807) is 10.7 Å². The number of amides is 1. The van der Waals surface area contributed by atoms with Crippen LogP contribution in [-0.4, -0.2) is 35.4 Å². The average molecular weight is 405 g/mol. The minimum Gasteiger partial charge on any atom is -0.310 e. The molecule has 0 unspecified atom stereocenters. The maximum atomic E-state index is 12.7. The number of hydrogen-bond acceptors (Lipinski definition) is 5. The van der Waals surface area contributed by atoms with E-state index < -0.39 is 0 Å². The summed E-state index contributed by atoms with van der Waals surface area (Å²) in [5.74, 6) is 0.484. The van der Waals surface area contributed by atoms with Crippen molar-refractivity contribution in [3.05, 3.63) is 58.6 Å². The number of rotatable bonds is 6. The van der Waals surface area contributed by atoms with Gasteiger partial charge in [0.25, 0.3) is 5.56 Å². The third-order valence-corrected chi connectivity index (χ3v) is 5.07. The van der Waals surface area contributed by atoms with Crippen molar-refractivity contribution in [1.29, 1.82) is 0 Å². The van der Waals surface area contributed by atoms with E-state index in [2.05, 4.69) is 25.5 Å². The normalized spacial score (nSPS) is 11.3. The number of hydrogen-bond donors (Lipinski definition) is 2. The lowest BCUT2D eigenvalue weighted by atomic mass is 10.0. The molecular weight excluding hydrogens is 382 g/mol. The predicted octanol–water partition coefficient (Wildman–Crippen LogP) is 2.98. The molecule has 3 aromatic heterocycles. The van der Waals surface area contributed by atoms with Gasteiger partial charge in [0.1, 0.15) is 11.2 Å². The Morgan fingerprint density at radius 2 is 1.90 bits per heavy atom. The zero-order chi connectivity index (χ0) is 21.3. The predicted molar refractivity (Wildman–Crippen MR) is 114 cm³/mol. The molecule has 0 spiro atoms. The first-order valence-corrected chi connectivity index (χ1v) is 9.93. The first kappa shape index (κ1) is 19.6. The van der Waals surface area contributed by atoms with Gasteiger partial charge in [0.05, 0.1) is 17.6 Å². The molecule has 0 atom stereocenters. The summed E-state index contributed by atoms with van der Waals surface area (Å²) in [6.45, 7) is 5.77. The standard InChI is InChI=1S/C21H23N7O2/c1-4-14(5-2)19(29)23-17-11-13(3)26-28(17)21-24-18-16(20(30)25-21)12-22-27(18)15-9-7-6-8-10-15/h6-12,14H,4-5H2,1-3H3,(H,23,29)(H,24,25,30). The molecule has 0 aliphatic rings. The van der Waals surface area contributed by atoms with E-state index in [9.17, 15) is 9.59 Å². The molecule has 4 aromatic rings. The highest BCUT2D eigenvalue weighted by Crippen LogP contribution is 2.19.